The van der Waals surface area contributed by atoms with Crippen LogP contribution in [-0.4, -0.2) is 49.3 Å². The fraction of sp³-hybridized carbons (Fsp3) is 0.300. The summed E-state index contributed by atoms with van der Waals surface area (Å²) in [6, 6.07) is 17.1. The van der Waals surface area contributed by atoms with Crippen molar-refractivity contribution in [2.45, 2.75) is 24.2 Å². The summed E-state index contributed by atoms with van der Waals surface area (Å²) in [5.74, 6) is -1.07. The van der Waals surface area contributed by atoms with Gasteiger partial charge in [0, 0.05) is 18.4 Å². The molecule has 0 saturated carbocycles. The van der Waals surface area contributed by atoms with E-state index in [1.165, 1.54) is 17.3 Å². The topological polar surface area (TPSA) is 113 Å². The van der Waals surface area contributed by atoms with Crippen LogP contribution in [0.2, 0.25) is 0 Å². The Bertz CT molecular complexity index is 1010. The molecule has 0 radical (unpaired) electrons. The molecule has 0 bridgehead atoms. The first-order valence-corrected chi connectivity index (χ1v) is 10.8. The smallest absolute Gasteiger partial charge is 0.414 e. The molecule has 1 saturated heterocycles. The summed E-state index contributed by atoms with van der Waals surface area (Å²) in [7, 11) is -3.88. The van der Waals surface area contributed by atoms with Crippen LogP contribution >= 0.6 is 0 Å². The number of sulfone groups is 1. The van der Waals surface area contributed by atoms with E-state index in [9.17, 15) is 18.0 Å². The van der Waals surface area contributed by atoms with Crippen molar-refractivity contribution in [3.8, 4) is 11.1 Å². The average molecular weight is 418 g/mol. The maximum absolute atomic E-state index is 12.3. The molecule has 9 heteroatoms. The zero-order valence-electron chi connectivity index (χ0n) is 16.0. The second-order valence-electron chi connectivity index (χ2n) is 7.18. The van der Waals surface area contributed by atoms with Gasteiger partial charge in [-0.1, -0.05) is 42.5 Å². The van der Waals surface area contributed by atoms with Crippen molar-refractivity contribution < 1.29 is 28.0 Å². The minimum atomic E-state index is -3.88. The zero-order valence-corrected chi connectivity index (χ0v) is 16.8. The van der Waals surface area contributed by atoms with Crippen LogP contribution in [0.5, 0.6) is 0 Å². The Morgan fingerprint density at radius 3 is 2.31 bits per heavy atom. The zero-order chi connectivity index (χ0) is 21.2. The summed E-state index contributed by atoms with van der Waals surface area (Å²) < 4.78 is 27.6. The van der Waals surface area contributed by atoms with Gasteiger partial charge < -0.3 is 4.74 Å². The highest BCUT2D eigenvalue weighted by Gasteiger charge is 2.48. The molecule has 2 unspecified atom stereocenters. The van der Waals surface area contributed by atoms with Crippen molar-refractivity contribution in [2.24, 2.45) is 0 Å². The minimum absolute atomic E-state index is 0.0906. The van der Waals surface area contributed by atoms with E-state index in [1.807, 2.05) is 42.5 Å². The number of hydrogen-bond acceptors (Lipinski definition) is 6. The molecule has 2 aromatic carbocycles. The second kappa shape index (κ2) is 7.84. The lowest BCUT2D eigenvalue weighted by molar-refractivity contribution is -0.132. The number of nitrogens with zero attached hydrogens (tertiary/aromatic N) is 1. The number of carbonyl (C=O) groups excluding carboxylic acids is 2. The minimum Gasteiger partial charge on any atom is -0.444 e. The molecule has 0 aromatic heterocycles. The van der Waals surface area contributed by atoms with Crippen molar-refractivity contribution in [2.75, 3.05) is 17.7 Å². The molecule has 8 nitrogen and oxygen atoms in total. The first kappa shape index (κ1) is 20.8. The van der Waals surface area contributed by atoms with E-state index in [-0.39, 0.29) is 13.0 Å². The Balaban J connectivity index is 1.77. The number of benzene rings is 2. The number of ether oxygens (including phenoxy) is 1. The van der Waals surface area contributed by atoms with Gasteiger partial charge in [-0.25, -0.2) is 18.7 Å². The fourth-order valence-electron chi connectivity index (χ4n) is 3.27. The highest BCUT2D eigenvalue weighted by atomic mass is 32.2. The van der Waals surface area contributed by atoms with Gasteiger partial charge in [-0.15, -0.1) is 0 Å². The van der Waals surface area contributed by atoms with Gasteiger partial charge >= 0.3 is 6.09 Å². The summed E-state index contributed by atoms with van der Waals surface area (Å²) in [6.07, 6.45) is -0.821. The molecule has 1 fully saturated rings. The monoisotopic (exact) mass is 418 g/mol. The van der Waals surface area contributed by atoms with Crippen LogP contribution < -0.4 is 10.4 Å². The third-order valence-corrected chi connectivity index (χ3v) is 7.17. The van der Waals surface area contributed by atoms with Gasteiger partial charge in [-0.2, -0.15) is 0 Å². The Morgan fingerprint density at radius 2 is 1.76 bits per heavy atom. The summed E-state index contributed by atoms with van der Waals surface area (Å²) in [5, 5.41) is 8.93. The molecular formula is C20H22N2O6S. The lowest BCUT2D eigenvalue weighted by Gasteiger charge is -2.26. The van der Waals surface area contributed by atoms with E-state index in [4.69, 9.17) is 9.94 Å². The van der Waals surface area contributed by atoms with Crippen LogP contribution in [0.4, 0.5) is 10.5 Å². The van der Waals surface area contributed by atoms with E-state index in [2.05, 4.69) is 0 Å². The molecule has 1 heterocycles. The number of amides is 2. The van der Waals surface area contributed by atoms with E-state index in [0.717, 1.165) is 17.4 Å². The molecular weight excluding hydrogens is 396 g/mol. The highest BCUT2D eigenvalue weighted by Crippen LogP contribution is 2.31. The molecule has 1 aliphatic heterocycles. The molecule has 154 valence electrons. The van der Waals surface area contributed by atoms with Gasteiger partial charge in [-0.3, -0.25) is 14.9 Å². The molecule has 2 N–H and O–H groups in total. The molecule has 2 amide bonds. The van der Waals surface area contributed by atoms with Gasteiger partial charge in [0.25, 0.3) is 5.91 Å². The predicted molar refractivity (Wildman–Crippen MR) is 107 cm³/mol. The summed E-state index contributed by atoms with van der Waals surface area (Å²) in [6.45, 7) is 1.28. The van der Waals surface area contributed by atoms with Crippen molar-refractivity contribution in [1.29, 1.82) is 0 Å². The quantitative estimate of drug-likeness (QED) is 0.550. The normalized spacial score (nSPS) is 18.8. The Labute approximate surface area is 169 Å². The van der Waals surface area contributed by atoms with Gasteiger partial charge in [0.2, 0.25) is 0 Å². The summed E-state index contributed by atoms with van der Waals surface area (Å²) in [5.41, 5.74) is 4.02. The van der Waals surface area contributed by atoms with Crippen LogP contribution in [0, 0.1) is 0 Å². The third-order valence-electron chi connectivity index (χ3n) is 5.18. The van der Waals surface area contributed by atoms with E-state index < -0.39 is 32.7 Å². The van der Waals surface area contributed by atoms with Crippen molar-refractivity contribution in [3.05, 3.63) is 54.6 Å². The van der Waals surface area contributed by atoms with E-state index in [1.54, 1.807) is 12.1 Å². The van der Waals surface area contributed by atoms with Gasteiger partial charge in [0.1, 0.15) is 6.10 Å². The highest BCUT2D eigenvalue weighted by molar-refractivity contribution is 7.92. The number of anilines is 1. The SMILES string of the molecule is CC(CC1CN(c2ccc(-c3ccccc3)cc2)C(=O)O1)(C(=O)NO)S(C)(=O)=O. The van der Waals surface area contributed by atoms with Crippen LogP contribution in [-0.2, 0) is 19.4 Å². The van der Waals surface area contributed by atoms with Crippen LogP contribution in [0.3, 0.4) is 0 Å². The molecule has 29 heavy (non-hydrogen) atoms. The standard InChI is InChI=1S/C20H22N2O6S/c1-20(18(23)21-25,29(2,26)27)12-17-13-22(19(24)28-17)16-10-8-15(9-11-16)14-6-4-3-5-7-14/h3-11,17,25H,12-13H2,1-2H3,(H,21,23). The fourth-order valence-corrected chi connectivity index (χ4v) is 4.14. The maximum Gasteiger partial charge on any atom is 0.414 e. The summed E-state index contributed by atoms with van der Waals surface area (Å²) >= 11 is 0. The molecule has 2 aromatic rings. The molecule has 0 aliphatic carbocycles. The van der Waals surface area contributed by atoms with Crippen LogP contribution in [0.15, 0.2) is 54.6 Å². The number of cyclic esters (lactones) is 1. The van der Waals surface area contributed by atoms with Crippen molar-refractivity contribution >= 4 is 27.5 Å². The number of rotatable bonds is 6. The maximum atomic E-state index is 12.3. The first-order valence-electron chi connectivity index (χ1n) is 8.93. The van der Waals surface area contributed by atoms with Crippen LogP contribution in [0.1, 0.15) is 13.3 Å². The predicted octanol–water partition coefficient (Wildman–Crippen LogP) is 2.38. The van der Waals surface area contributed by atoms with Gasteiger partial charge in [0.15, 0.2) is 14.6 Å². The third kappa shape index (κ3) is 4.10. The van der Waals surface area contributed by atoms with Crippen molar-refractivity contribution in [3.63, 3.8) is 0 Å². The van der Waals surface area contributed by atoms with E-state index in [0.29, 0.717) is 5.69 Å². The lowest BCUT2D eigenvalue weighted by atomic mass is 10.0. The largest absolute Gasteiger partial charge is 0.444 e. The second-order valence-corrected chi connectivity index (χ2v) is 9.62. The molecule has 0 spiro atoms. The Morgan fingerprint density at radius 1 is 1.17 bits per heavy atom. The lowest BCUT2D eigenvalue weighted by Crippen LogP contribution is -2.51. The van der Waals surface area contributed by atoms with Crippen LogP contribution in [0.25, 0.3) is 11.1 Å². The number of hydrogen-bond donors (Lipinski definition) is 2. The summed E-state index contributed by atoms with van der Waals surface area (Å²) in [4.78, 5) is 25.7. The number of carbonyl (C=O) groups is 2. The Kier molecular flexibility index (Phi) is 5.63. The number of nitrogens with one attached hydrogen (secondary N) is 1. The van der Waals surface area contributed by atoms with E-state index >= 15 is 0 Å². The van der Waals surface area contributed by atoms with Gasteiger partial charge in [-0.05, 0) is 30.2 Å². The van der Waals surface area contributed by atoms with Gasteiger partial charge in [0.05, 0.1) is 6.54 Å². The molecule has 1 aliphatic rings. The molecule has 3 rings (SSSR count). The average Bonchev–Trinajstić information content (AvgIpc) is 3.07. The number of hydroxylamine groups is 1. The van der Waals surface area contributed by atoms with Crippen molar-refractivity contribution in [1.82, 2.24) is 5.48 Å². The first-order chi connectivity index (χ1) is 13.7. The Hall–Kier alpha value is -2.91. The molecule has 2 atom stereocenters.